The largest absolute Gasteiger partial charge is 0.464 e. The number of unbranched alkanes of at least 4 members (excludes halogenated alkanes) is 1. The summed E-state index contributed by atoms with van der Waals surface area (Å²) in [5, 5.41) is 16.3. The molecular formula is C30H50N4O5S. The Hall–Kier alpha value is -2.30. The fourth-order valence-electron chi connectivity index (χ4n) is 5.11. The molecule has 1 fully saturated rings. The van der Waals surface area contributed by atoms with Gasteiger partial charge in [0.05, 0.1) is 13.2 Å². The molecule has 0 spiro atoms. The Labute approximate surface area is 244 Å². The van der Waals surface area contributed by atoms with Gasteiger partial charge in [0.2, 0.25) is 11.8 Å². The van der Waals surface area contributed by atoms with Crippen molar-refractivity contribution in [3.05, 3.63) is 28.2 Å². The average molecular weight is 579 g/mol. The molecule has 1 unspecified atom stereocenters. The van der Waals surface area contributed by atoms with Gasteiger partial charge in [-0.25, -0.2) is 9.78 Å². The fraction of sp³-hybridized carbons (Fsp3) is 0.733. The summed E-state index contributed by atoms with van der Waals surface area (Å²) in [5.41, 5.74) is 0.158. The Balaban J connectivity index is 2.35. The summed E-state index contributed by atoms with van der Waals surface area (Å²) in [6.07, 6.45) is 8.89. The number of aliphatic hydroxyl groups is 1. The van der Waals surface area contributed by atoms with Gasteiger partial charge >= 0.3 is 5.97 Å². The van der Waals surface area contributed by atoms with Crippen LogP contribution in [0.5, 0.6) is 0 Å². The van der Waals surface area contributed by atoms with Gasteiger partial charge in [0.25, 0.3) is 0 Å². The maximum absolute atomic E-state index is 14.3. The summed E-state index contributed by atoms with van der Waals surface area (Å²) in [5.74, 6) is -0.823. The van der Waals surface area contributed by atoms with E-state index in [2.05, 4.69) is 28.2 Å². The van der Waals surface area contributed by atoms with E-state index in [0.717, 1.165) is 45.1 Å². The second-order valence-corrected chi connectivity index (χ2v) is 12.1. The van der Waals surface area contributed by atoms with Gasteiger partial charge in [-0.1, -0.05) is 66.0 Å². The van der Waals surface area contributed by atoms with Gasteiger partial charge in [0, 0.05) is 24.4 Å². The van der Waals surface area contributed by atoms with E-state index in [1.165, 1.54) is 18.4 Å². The molecule has 1 aromatic rings. The SMILES string of the molecule is CCC/C=C/CN(C(=O)[C@@H](NC(=O)[C@H]1CCCCN1C)C(C)CC)[C@H](C[C@@H](O)c1nc(C(=O)OC)cs1)C(C)C. The zero-order valence-electron chi connectivity index (χ0n) is 25.4. The van der Waals surface area contributed by atoms with Crippen molar-refractivity contribution in [1.82, 2.24) is 20.1 Å². The number of methoxy groups -OCH3 is 1. The number of ether oxygens (including phenoxy) is 1. The number of likely N-dealkylation sites (N-methyl/N-ethyl adjacent to an activating group) is 1. The van der Waals surface area contributed by atoms with Crippen molar-refractivity contribution in [1.29, 1.82) is 0 Å². The van der Waals surface area contributed by atoms with E-state index < -0.39 is 18.1 Å². The zero-order chi connectivity index (χ0) is 29.8. The first-order valence-corrected chi connectivity index (χ1v) is 15.6. The minimum absolute atomic E-state index is 0.0241. The van der Waals surface area contributed by atoms with E-state index in [0.29, 0.717) is 11.6 Å². The van der Waals surface area contributed by atoms with Crippen LogP contribution < -0.4 is 5.32 Å². The van der Waals surface area contributed by atoms with Crippen molar-refractivity contribution in [3.63, 3.8) is 0 Å². The topological polar surface area (TPSA) is 112 Å². The monoisotopic (exact) mass is 578 g/mol. The van der Waals surface area contributed by atoms with Crippen LogP contribution in [0.2, 0.25) is 0 Å². The van der Waals surface area contributed by atoms with Crippen LogP contribution in [0.3, 0.4) is 0 Å². The number of carbonyl (C=O) groups excluding carboxylic acids is 3. The molecule has 1 aromatic heterocycles. The number of esters is 1. The smallest absolute Gasteiger partial charge is 0.357 e. The number of hydrogen-bond acceptors (Lipinski definition) is 8. The quantitative estimate of drug-likeness (QED) is 0.231. The maximum Gasteiger partial charge on any atom is 0.357 e. The molecule has 0 saturated carbocycles. The lowest BCUT2D eigenvalue weighted by Gasteiger charge is -2.39. The van der Waals surface area contributed by atoms with Gasteiger partial charge in [-0.15, -0.1) is 11.3 Å². The third kappa shape index (κ3) is 9.38. The molecule has 0 radical (unpaired) electrons. The zero-order valence-corrected chi connectivity index (χ0v) is 26.2. The van der Waals surface area contributed by atoms with Crippen LogP contribution in [0.1, 0.15) is 101 Å². The summed E-state index contributed by atoms with van der Waals surface area (Å²) in [6.45, 7) is 11.4. The van der Waals surface area contributed by atoms with Crippen molar-refractivity contribution in [2.75, 3.05) is 27.2 Å². The molecule has 0 bridgehead atoms. The van der Waals surface area contributed by atoms with E-state index in [1.54, 1.807) is 5.38 Å². The minimum Gasteiger partial charge on any atom is -0.464 e. The van der Waals surface area contributed by atoms with E-state index in [9.17, 15) is 19.5 Å². The molecule has 9 nitrogen and oxygen atoms in total. The summed E-state index contributed by atoms with van der Waals surface area (Å²) >= 11 is 1.20. The van der Waals surface area contributed by atoms with Crippen molar-refractivity contribution in [3.8, 4) is 0 Å². The molecule has 40 heavy (non-hydrogen) atoms. The van der Waals surface area contributed by atoms with E-state index in [4.69, 9.17) is 4.74 Å². The normalized spacial score (nSPS) is 19.3. The number of rotatable bonds is 15. The van der Waals surface area contributed by atoms with Crippen molar-refractivity contribution in [2.45, 2.75) is 104 Å². The predicted octanol–water partition coefficient (Wildman–Crippen LogP) is 4.58. The van der Waals surface area contributed by atoms with Gasteiger partial charge in [-0.3, -0.25) is 14.5 Å². The Bertz CT molecular complexity index is 981. The van der Waals surface area contributed by atoms with Crippen molar-refractivity contribution < 1.29 is 24.2 Å². The van der Waals surface area contributed by atoms with Crippen molar-refractivity contribution >= 4 is 29.1 Å². The van der Waals surface area contributed by atoms with E-state index >= 15 is 0 Å². The summed E-state index contributed by atoms with van der Waals surface area (Å²) in [4.78, 5) is 47.7. The molecule has 0 aliphatic carbocycles. The van der Waals surface area contributed by atoms with Crippen LogP contribution in [-0.4, -0.2) is 83.0 Å². The van der Waals surface area contributed by atoms with Gasteiger partial charge in [0.15, 0.2) is 5.69 Å². The first-order chi connectivity index (χ1) is 19.0. The molecule has 0 aromatic carbocycles. The Morgan fingerprint density at radius 2 is 1.98 bits per heavy atom. The number of allylic oxidation sites excluding steroid dienone is 1. The van der Waals surface area contributed by atoms with Crippen LogP contribution in [0.15, 0.2) is 17.5 Å². The second kappa shape index (κ2) is 16.8. The van der Waals surface area contributed by atoms with Crippen molar-refractivity contribution in [2.24, 2.45) is 11.8 Å². The van der Waals surface area contributed by atoms with Crippen LogP contribution in [0.25, 0.3) is 0 Å². The molecule has 1 aliphatic rings. The van der Waals surface area contributed by atoms with E-state index in [1.807, 2.05) is 45.7 Å². The Kier molecular flexibility index (Phi) is 14.3. The molecule has 2 rings (SSSR count). The molecule has 2 heterocycles. The number of hydrogen-bond donors (Lipinski definition) is 2. The lowest BCUT2D eigenvalue weighted by atomic mass is 9.92. The number of thiazole rings is 1. The average Bonchev–Trinajstić information content (AvgIpc) is 3.44. The lowest BCUT2D eigenvalue weighted by Crippen LogP contribution is -2.58. The van der Waals surface area contributed by atoms with Gasteiger partial charge < -0.3 is 20.1 Å². The number of carbonyl (C=O) groups is 3. The molecular weight excluding hydrogens is 528 g/mol. The summed E-state index contributed by atoms with van der Waals surface area (Å²) in [7, 11) is 3.26. The number of likely N-dealkylation sites (tertiary alicyclic amines) is 1. The molecule has 1 aliphatic heterocycles. The molecule has 1 saturated heterocycles. The molecule has 2 N–H and O–H groups in total. The van der Waals surface area contributed by atoms with Gasteiger partial charge in [-0.05, 0) is 44.7 Å². The van der Waals surface area contributed by atoms with Crippen LogP contribution in [0, 0.1) is 11.8 Å². The Morgan fingerprint density at radius 3 is 2.58 bits per heavy atom. The highest BCUT2D eigenvalue weighted by Gasteiger charge is 2.37. The summed E-state index contributed by atoms with van der Waals surface area (Å²) < 4.78 is 4.75. The number of nitrogens with one attached hydrogen (secondary N) is 1. The van der Waals surface area contributed by atoms with Crippen LogP contribution >= 0.6 is 11.3 Å². The summed E-state index contributed by atoms with van der Waals surface area (Å²) in [6, 6.07) is -1.22. The molecule has 226 valence electrons. The highest BCUT2D eigenvalue weighted by molar-refractivity contribution is 7.09. The predicted molar refractivity (Wildman–Crippen MR) is 159 cm³/mol. The first kappa shape index (κ1) is 33.9. The van der Waals surface area contributed by atoms with Crippen LogP contribution in [0.4, 0.5) is 0 Å². The second-order valence-electron chi connectivity index (χ2n) is 11.2. The standard InChI is InChI=1S/C30H50N4O5S/c1-8-10-11-13-17-34(24(20(3)4)18-25(35)28-31-22(19-40-28)30(38)39-7)29(37)26(21(5)9-2)32-27(36)23-15-12-14-16-33(23)6/h11,13,19-21,23-26,35H,8-10,12,14-18H2,1-7H3,(H,32,36)/b13-11+/t21?,23-,24-,25-,26+/m1/s1. The van der Waals surface area contributed by atoms with E-state index in [-0.39, 0.29) is 47.8 Å². The fourth-order valence-corrected chi connectivity index (χ4v) is 5.89. The molecule has 10 heteroatoms. The third-order valence-electron chi connectivity index (χ3n) is 7.89. The lowest BCUT2D eigenvalue weighted by molar-refractivity contribution is -0.142. The maximum atomic E-state index is 14.3. The third-order valence-corrected chi connectivity index (χ3v) is 8.84. The van der Waals surface area contributed by atoms with Crippen LogP contribution in [-0.2, 0) is 14.3 Å². The Morgan fingerprint density at radius 1 is 1.25 bits per heavy atom. The first-order valence-electron chi connectivity index (χ1n) is 14.7. The molecule has 5 atom stereocenters. The number of nitrogens with zero attached hydrogens (tertiary/aromatic N) is 3. The highest BCUT2D eigenvalue weighted by atomic mass is 32.1. The number of piperidine rings is 1. The number of aromatic nitrogens is 1. The number of aliphatic hydroxyl groups excluding tert-OH is 1. The van der Waals surface area contributed by atoms with Gasteiger partial charge in [0.1, 0.15) is 17.2 Å². The number of amides is 2. The van der Waals surface area contributed by atoms with Gasteiger partial charge in [-0.2, -0.15) is 0 Å². The molecule has 2 amide bonds. The highest BCUT2D eigenvalue weighted by Crippen LogP contribution is 2.29. The minimum atomic E-state index is -0.960.